The van der Waals surface area contributed by atoms with E-state index in [9.17, 15) is 19.7 Å². The van der Waals surface area contributed by atoms with Crippen LogP contribution in [0.15, 0.2) is 24.3 Å². The molecule has 0 N–H and O–H groups in total. The highest BCUT2D eigenvalue weighted by Crippen LogP contribution is 2.55. The van der Waals surface area contributed by atoms with E-state index in [0.717, 1.165) is 4.42 Å². The van der Waals surface area contributed by atoms with Crippen molar-refractivity contribution in [3.63, 3.8) is 0 Å². The van der Waals surface area contributed by atoms with Gasteiger partial charge in [-0.15, -0.1) is 0 Å². The number of carbonyl (C=O) groups is 2. The second kappa shape index (κ2) is 9.36. The third kappa shape index (κ3) is 4.92. The Bertz CT molecular complexity index is 873. The van der Waals surface area contributed by atoms with Crippen LogP contribution in [0.5, 0.6) is 0 Å². The molecule has 0 spiro atoms. The third-order valence-corrected chi connectivity index (χ3v) is 7.52. The van der Waals surface area contributed by atoms with Crippen LogP contribution in [0.3, 0.4) is 0 Å². The number of likely N-dealkylation sites (tertiary alicyclic amines) is 1. The summed E-state index contributed by atoms with van der Waals surface area (Å²) in [4.78, 5) is 37.1. The second-order valence-electron chi connectivity index (χ2n) is 9.76. The Morgan fingerprint density at radius 1 is 1.31 bits per heavy atom. The van der Waals surface area contributed by atoms with Crippen LogP contribution in [0.2, 0.25) is 0 Å². The molecule has 2 amide bonds. The van der Waals surface area contributed by atoms with Gasteiger partial charge in [0.1, 0.15) is 17.1 Å². The van der Waals surface area contributed by atoms with Crippen molar-refractivity contribution < 1.29 is 23.7 Å². The van der Waals surface area contributed by atoms with Crippen molar-refractivity contribution >= 4 is 40.0 Å². The predicted octanol–water partition coefficient (Wildman–Crippen LogP) is 3.23. The van der Waals surface area contributed by atoms with E-state index in [1.54, 1.807) is 17.0 Å². The second-order valence-corrected chi connectivity index (χ2v) is 10.6. The van der Waals surface area contributed by atoms with E-state index in [1.165, 1.54) is 19.1 Å². The van der Waals surface area contributed by atoms with Gasteiger partial charge in [0, 0.05) is 42.8 Å². The van der Waals surface area contributed by atoms with Crippen LogP contribution in [0, 0.1) is 26.9 Å². The van der Waals surface area contributed by atoms with Gasteiger partial charge in [0.2, 0.25) is 5.91 Å². The first-order valence-corrected chi connectivity index (χ1v) is 11.5. The van der Waals surface area contributed by atoms with Gasteiger partial charge in [0.05, 0.1) is 11.5 Å². The van der Waals surface area contributed by atoms with E-state index in [1.807, 2.05) is 13.8 Å². The lowest BCUT2D eigenvalue weighted by Gasteiger charge is -2.48. The molecular weight excluding hydrogens is 454 g/mol. The minimum absolute atomic E-state index is 0.000396. The molecule has 0 unspecified atom stereocenters. The number of nitrogens with zero attached hydrogens (tertiary/aromatic N) is 3. The SMILES string of the molecule is CC(=O)N(Cl)C[C@]1(O[SiH3])N(C(=O)OCc2ccc([N+](=O)[O-])cc2)C[C@H](C(C)(C)C)C1(C)C. The number of non-ortho nitro benzene ring substituents is 1. The zero-order valence-corrected chi connectivity index (χ0v) is 22.4. The highest BCUT2D eigenvalue weighted by Gasteiger charge is 2.64. The average molecular weight is 486 g/mol. The van der Waals surface area contributed by atoms with Crippen molar-refractivity contribution in [2.45, 2.75) is 53.9 Å². The minimum atomic E-state index is -1.16. The Hall–Kier alpha value is -2.17. The van der Waals surface area contributed by atoms with Gasteiger partial charge in [-0.3, -0.25) is 24.2 Å². The van der Waals surface area contributed by atoms with E-state index < -0.39 is 22.2 Å². The van der Waals surface area contributed by atoms with Crippen molar-refractivity contribution in [2.75, 3.05) is 13.1 Å². The van der Waals surface area contributed by atoms with Gasteiger partial charge in [-0.05, 0) is 29.0 Å². The highest BCUT2D eigenvalue weighted by atomic mass is 35.5. The van der Waals surface area contributed by atoms with Gasteiger partial charge in [-0.2, -0.15) is 0 Å². The van der Waals surface area contributed by atoms with Gasteiger partial charge >= 0.3 is 6.09 Å². The van der Waals surface area contributed by atoms with E-state index in [4.69, 9.17) is 20.9 Å². The fourth-order valence-electron chi connectivity index (χ4n) is 4.72. The van der Waals surface area contributed by atoms with Crippen LogP contribution in [-0.4, -0.2) is 55.5 Å². The number of nitro groups is 1. The summed E-state index contributed by atoms with van der Waals surface area (Å²) in [6.07, 6.45) is -0.590. The lowest BCUT2D eigenvalue weighted by Crippen LogP contribution is -2.61. The number of nitro benzene ring substituents is 1. The van der Waals surface area contributed by atoms with Gasteiger partial charge in [0.25, 0.3) is 5.69 Å². The third-order valence-electron chi connectivity index (χ3n) is 6.49. The fourth-order valence-corrected chi connectivity index (χ4v) is 5.76. The van der Waals surface area contributed by atoms with E-state index in [-0.39, 0.29) is 36.1 Å². The number of halogens is 1. The maximum atomic E-state index is 13.3. The van der Waals surface area contributed by atoms with Crippen molar-refractivity contribution in [1.29, 1.82) is 0 Å². The van der Waals surface area contributed by atoms with Crippen LogP contribution < -0.4 is 0 Å². The summed E-state index contributed by atoms with van der Waals surface area (Å²) in [5, 5.41) is 10.8. The lowest BCUT2D eigenvalue weighted by atomic mass is 9.64. The van der Waals surface area contributed by atoms with E-state index in [0.29, 0.717) is 22.6 Å². The molecule has 1 heterocycles. The Labute approximate surface area is 196 Å². The van der Waals surface area contributed by atoms with Crippen molar-refractivity contribution in [3.8, 4) is 0 Å². The van der Waals surface area contributed by atoms with E-state index >= 15 is 0 Å². The summed E-state index contributed by atoms with van der Waals surface area (Å²) in [6, 6.07) is 5.82. The molecule has 11 heteroatoms. The monoisotopic (exact) mass is 485 g/mol. The van der Waals surface area contributed by atoms with Gasteiger partial charge < -0.3 is 9.16 Å². The maximum absolute atomic E-state index is 13.3. The Morgan fingerprint density at radius 3 is 2.31 bits per heavy atom. The molecule has 0 aromatic heterocycles. The molecule has 0 saturated carbocycles. The molecule has 1 aromatic rings. The fraction of sp³-hybridized carbons (Fsp3) is 0.619. The van der Waals surface area contributed by atoms with Crippen LogP contribution in [0.4, 0.5) is 10.5 Å². The van der Waals surface area contributed by atoms with Crippen molar-refractivity contribution in [1.82, 2.24) is 9.32 Å². The maximum Gasteiger partial charge on any atom is 0.412 e. The molecule has 178 valence electrons. The molecule has 0 aliphatic carbocycles. The number of rotatable bonds is 6. The summed E-state index contributed by atoms with van der Waals surface area (Å²) in [7, 11) is 0.307. The number of benzene rings is 1. The first-order valence-electron chi connectivity index (χ1n) is 10.3. The molecule has 0 radical (unpaired) electrons. The number of amides is 2. The summed E-state index contributed by atoms with van der Waals surface area (Å²) in [5.74, 6) is -0.313. The number of ether oxygens (including phenoxy) is 1. The molecule has 1 saturated heterocycles. The Kier molecular flexibility index (Phi) is 7.63. The number of hydrogen-bond acceptors (Lipinski definition) is 6. The summed E-state index contributed by atoms with van der Waals surface area (Å²) >= 11 is 6.22. The quantitative estimate of drug-likeness (QED) is 0.265. The normalized spacial score (nSPS) is 22.6. The zero-order chi connectivity index (χ0) is 24.5. The summed E-state index contributed by atoms with van der Waals surface area (Å²) in [6.45, 7) is 12.0. The van der Waals surface area contributed by atoms with Crippen LogP contribution in [-0.2, 0) is 20.6 Å². The average Bonchev–Trinajstić information content (AvgIpc) is 2.93. The van der Waals surface area contributed by atoms with Crippen molar-refractivity contribution in [2.24, 2.45) is 16.7 Å². The van der Waals surface area contributed by atoms with Gasteiger partial charge in [-0.25, -0.2) is 4.79 Å². The summed E-state index contributed by atoms with van der Waals surface area (Å²) in [5.41, 5.74) is -1.27. The molecule has 1 aliphatic rings. The molecule has 2 atom stereocenters. The molecule has 1 aromatic carbocycles. The minimum Gasteiger partial charge on any atom is -0.444 e. The molecule has 32 heavy (non-hydrogen) atoms. The van der Waals surface area contributed by atoms with Gasteiger partial charge in [-0.1, -0.05) is 34.6 Å². The van der Waals surface area contributed by atoms with Crippen molar-refractivity contribution in [3.05, 3.63) is 39.9 Å². The highest BCUT2D eigenvalue weighted by molar-refractivity contribution is 6.21. The number of carbonyl (C=O) groups excluding carboxylic acids is 2. The van der Waals surface area contributed by atoms with Gasteiger partial charge in [0.15, 0.2) is 5.72 Å². The topological polar surface area (TPSA) is 102 Å². The first-order chi connectivity index (χ1) is 14.7. The molecular formula is C21H32ClN3O6Si. The smallest absolute Gasteiger partial charge is 0.412 e. The molecule has 1 fully saturated rings. The first kappa shape index (κ1) is 26.1. The van der Waals surface area contributed by atoms with Crippen LogP contribution >= 0.6 is 11.8 Å². The van der Waals surface area contributed by atoms with Crippen LogP contribution in [0.25, 0.3) is 0 Å². The number of hydrogen-bond donors (Lipinski definition) is 0. The molecule has 1 aliphatic heterocycles. The molecule has 2 rings (SSSR count). The van der Waals surface area contributed by atoms with E-state index in [2.05, 4.69) is 20.8 Å². The molecule has 0 bridgehead atoms. The summed E-state index contributed by atoms with van der Waals surface area (Å²) < 4.78 is 12.7. The standard InChI is InChI=1S/C21H32ClN3O6Si/c1-14(26)24(22)13-21(31-32)20(5,6)17(19(2,3)4)11-23(21)18(27)30-12-15-7-9-16(10-8-15)25(28)29/h7-10,17H,11-13H2,1-6,32H3/t17-,21-/m1/s1. The lowest BCUT2D eigenvalue weighted by molar-refractivity contribution is -0.384. The largest absolute Gasteiger partial charge is 0.444 e. The van der Waals surface area contributed by atoms with Crippen LogP contribution in [0.1, 0.15) is 47.1 Å². The Morgan fingerprint density at radius 2 is 1.88 bits per heavy atom. The zero-order valence-electron chi connectivity index (χ0n) is 19.7. The predicted molar refractivity (Wildman–Crippen MR) is 124 cm³/mol. The Balaban J connectivity index is 2.34. The molecule has 9 nitrogen and oxygen atoms in total.